The van der Waals surface area contributed by atoms with Crippen LogP contribution in [0.4, 0.5) is 11.4 Å². The summed E-state index contributed by atoms with van der Waals surface area (Å²) >= 11 is 11.6. The van der Waals surface area contributed by atoms with Gasteiger partial charge < -0.3 is 19.9 Å². The molecule has 0 aliphatic carbocycles. The summed E-state index contributed by atoms with van der Waals surface area (Å²) in [7, 11) is 0. The number of nitrogens with zero attached hydrogens (tertiary/aromatic N) is 2. The molecular weight excluding hydrogens is 472 g/mol. The molecule has 0 radical (unpaired) electrons. The van der Waals surface area contributed by atoms with Crippen molar-refractivity contribution in [3.8, 4) is 5.75 Å². The van der Waals surface area contributed by atoms with E-state index in [0.29, 0.717) is 55.0 Å². The highest BCUT2D eigenvalue weighted by molar-refractivity contribution is 7.80. The van der Waals surface area contributed by atoms with Gasteiger partial charge in [0.25, 0.3) is 5.91 Å². The third kappa shape index (κ3) is 7.33. The maximum absolute atomic E-state index is 12.4. The molecule has 2 aromatic carbocycles. The minimum atomic E-state index is -0.360. The van der Waals surface area contributed by atoms with Crippen molar-refractivity contribution < 1.29 is 14.3 Å². The van der Waals surface area contributed by atoms with Crippen LogP contribution in [0.25, 0.3) is 0 Å². The zero-order valence-corrected chi connectivity index (χ0v) is 21.3. The molecule has 3 rings (SSSR count). The molecule has 2 N–H and O–H groups in total. The van der Waals surface area contributed by atoms with Gasteiger partial charge in [0.05, 0.1) is 11.4 Å². The molecule has 0 saturated carbocycles. The number of ether oxygens (including phenoxy) is 1. The van der Waals surface area contributed by atoms with Crippen LogP contribution in [0.1, 0.15) is 25.8 Å². The number of thiocarbonyl (C=S) groups is 1. The lowest BCUT2D eigenvalue weighted by Crippen LogP contribution is -2.49. The van der Waals surface area contributed by atoms with E-state index in [-0.39, 0.29) is 23.5 Å². The highest BCUT2D eigenvalue weighted by Crippen LogP contribution is 2.30. The zero-order chi connectivity index (χ0) is 24.7. The van der Waals surface area contributed by atoms with Crippen molar-refractivity contribution in [2.75, 3.05) is 43.0 Å². The lowest BCUT2D eigenvalue weighted by Gasteiger charge is -2.37. The van der Waals surface area contributed by atoms with Gasteiger partial charge in [-0.1, -0.05) is 43.6 Å². The number of hydrogen-bond donors (Lipinski definition) is 2. The first-order chi connectivity index (χ1) is 16.2. The number of rotatable bonds is 7. The van der Waals surface area contributed by atoms with Gasteiger partial charge in [-0.3, -0.25) is 14.9 Å². The summed E-state index contributed by atoms with van der Waals surface area (Å²) < 4.78 is 5.58. The Kier molecular flexibility index (Phi) is 9.12. The van der Waals surface area contributed by atoms with Gasteiger partial charge in [-0.05, 0) is 54.9 Å². The molecule has 1 heterocycles. The van der Waals surface area contributed by atoms with Gasteiger partial charge in [0.15, 0.2) is 11.7 Å². The average Bonchev–Trinajstić information content (AvgIpc) is 2.78. The van der Waals surface area contributed by atoms with E-state index in [0.717, 1.165) is 11.3 Å². The van der Waals surface area contributed by atoms with E-state index in [2.05, 4.69) is 29.4 Å². The molecule has 9 heteroatoms. The Labute approximate surface area is 211 Å². The molecule has 182 valence electrons. The second-order valence-corrected chi connectivity index (χ2v) is 9.53. The van der Waals surface area contributed by atoms with Gasteiger partial charge in [0, 0.05) is 37.6 Å². The number of piperazine rings is 1. The molecule has 0 spiro atoms. The van der Waals surface area contributed by atoms with Gasteiger partial charge >= 0.3 is 0 Å². The molecule has 7 nitrogen and oxygen atoms in total. The van der Waals surface area contributed by atoms with E-state index in [4.69, 9.17) is 28.6 Å². The molecule has 2 amide bonds. The predicted octanol–water partition coefficient (Wildman–Crippen LogP) is 4.24. The van der Waals surface area contributed by atoms with Crippen LogP contribution in [-0.2, 0) is 9.59 Å². The SMILES string of the molecule is Cc1ccccc1OCC(=O)NC(=S)Nc1cc(Cl)ccc1N1CCN(C(=O)CC(C)C)CC1. The standard InChI is InChI=1S/C25H31ClN4O3S/c1-17(2)14-24(32)30-12-10-29(11-13-30)21-9-8-19(26)15-20(21)27-25(34)28-23(31)16-33-22-7-5-4-6-18(22)3/h4-9,15,17H,10-14,16H2,1-3H3,(H2,27,28,31,34). The summed E-state index contributed by atoms with van der Waals surface area (Å²) in [4.78, 5) is 28.8. The normalized spacial score (nSPS) is 13.6. The molecule has 0 aromatic heterocycles. The fraction of sp³-hybridized carbons (Fsp3) is 0.400. The third-order valence-corrected chi connectivity index (χ3v) is 5.91. The van der Waals surface area contributed by atoms with Crippen LogP contribution in [-0.4, -0.2) is 54.6 Å². The topological polar surface area (TPSA) is 73.9 Å². The van der Waals surface area contributed by atoms with Crippen LogP contribution in [0.5, 0.6) is 5.75 Å². The number of benzene rings is 2. The molecule has 34 heavy (non-hydrogen) atoms. The smallest absolute Gasteiger partial charge is 0.264 e. The van der Waals surface area contributed by atoms with Crippen LogP contribution in [0.15, 0.2) is 42.5 Å². The Morgan fingerprint density at radius 2 is 1.82 bits per heavy atom. The predicted molar refractivity (Wildman–Crippen MR) is 141 cm³/mol. The van der Waals surface area contributed by atoms with E-state index in [1.807, 2.05) is 48.2 Å². The van der Waals surface area contributed by atoms with Crippen molar-refractivity contribution in [2.45, 2.75) is 27.2 Å². The Bertz CT molecular complexity index is 1040. The van der Waals surface area contributed by atoms with Crippen molar-refractivity contribution in [2.24, 2.45) is 5.92 Å². The Morgan fingerprint density at radius 3 is 2.50 bits per heavy atom. The summed E-state index contributed by atoms with van der Waals surface area (Å²) in [6.45, 7) is 8.58. The van der Waals surface area contributed by atoms with Gasteiger partial charge in [-0.15, -0.1) is 0 Å². The first kappa shape index (κ1) is 25.8. The number of halogens is 1. The van der Waals surface area contributed by atoms with Crippen LogP contribution in [0.3, 0.4) is 0 Å². The van der Waals surface area contributed by atoms with Crippen molar-refractivity contribution in [1.29, 1.82) is 0 Å². The van der Waals surface area contributed by atoms with Gasteiger partial charge in [-0.2, -0.15) is 0 Å². The average molecular weight is 503 g/mol. The van der Waals surface area contributed by atoms with E-state index >= 15 is 0 Å². The summed E-state index contributed by atoms with van der Waals surface area (Å²) in [6.07, 6.45) is 0.565. The Balaban J connectivity index is 1.57. The largest absolute Gasteiger partial charge is 0.483 e. The van der Waals surface area contributed by atoms with Crippen molar-refractivity contribution in [3.05, 3.63) is 53.1 Å². The van der Waals surface area contributed by atoms with E-state index in [1.165, 1.54) is 0 Å². The van der Waals surface area contributed by atoms with Crippen LogP contribution in [0, 0.1) is 12.8 Å². The molecule has 2 aromatic rings. The lowest BCUT2D eigenvalue weighted by atomic mass is 10.1. The number of para-hydroxylation sites is 1. The first-order valence-electron chi connectivity index (χ1n) is 11.3. The number of carbonyl (C=O) groups is 2. The molecule has 1 saturated heterocycles. The van der Waals surface area contributed by atoms with Gasteiger partial charge in [-0.25, -0.2) is 0 Å². The van der Waals surface area contributed by atoms with Crippen LogP contribution >= 0.6 is 23.8 Å². The molecule has 0 unspecified atom stereocenters. The lowest BCUT2D eigenvalue weighted by molar-refractivity contribution is -0.132. The molecule has 1 aliphatic rings. The fourth-order valence-electron chi connectivity index (χ4n) is 3.74. The fourth-order valence-corrected chi connectivity index (χ4v) is 4.13. The van der Waals surface area contributed by atoms with Crippen molar-refractivity contribution in [1.82, 2.24) is 10.2 Å². The third-order valence-electron chi connectivity index (χ3n) is 5.47. The van der Waals surface area contributed by atoms with E-state index in [9.17, 15) is 9.59 Å². The highest BCUT2D eigenvalue weighted by Gasteiger charge is 2.23. The molecule has 0 bridgehead atoms. The van der Waals surface area contributed by atoms with Crippen LogP contribution in [0.2, 0.25) is 5.02 Å². The van der Waals surface area contributed by atoms with E-state index < -0.39 is 0 Å². The second kappa shape index (κ2) is 12.0. The molecular formula is C25H31ClN4O3S. The van der Waals surface area contributed by atoms with Crippen molar-refractivity contribution in [3.63, 3.8) is 0 Å². The minimum absolute atomic E-state index is 0.151. The zero-order valence-electron chi connectivity index (χ0n) is 19.8. The number of amides is 2. The minimum Gasteiger partial charge on any atom is -0.483 e. The Morgan fingerprint density at radius 1 is 1.12 bits per heavy atom. The Hall–Kier alpha value is -2.84. The highest BCUT2D eigenvalue weighted by atomic mass is 35.5. The summed E-state index contributed by atoms with van der Waals surface area (Å²) in [5.74, 6) is 0.832. The number of hydrogen-bond acceptors (Lipinski definition) is 5. The number of aryl methyl sites for hydroxylation is 1. The van der Waals surface area contributed by atoms with Gasteiger partial charge in [0.2, 0.25) is 5.91 Å². The molecule has 0 atom stereocenters. The number of anilines is 2. The summed E-state index contributed by atoms with van der Waals surface area (Å²) in [5.41, 5.74) is 2.55. The summed E-state index contributed by atoms with van der Waals surface area (Å²) in [6, 6.07) is 13.0. The molecule has 1 fully saturated rings. The number of nitrogens with one attached hydrogen (secondary N) is 2. The quantitative estimate of drug-likeness (QED) is 0.552. The maximum atomic E-state index is 12.4. The first-order valence-corrected chi connectivity index (χ1v) is 12.1. The maximum Gasteiger partial charge on any atom is 0.264 e. The van der Waals surface area contributed by atoms with Crippen LogP contribution < -0.4 is 20.3 Å². The van der Waals surface area contributed by atoms with Crippen molar-refractivity contribution >= 4 is 52.1 Å². The van der Waals surface area contributed by atoms with E-state index in [1.54, 1.807) is 6.07 Å². The van der Waals surface area contributed by atoms with Gasteiger partial charge in [0.1, 0.15) is 5.75 Å². The molecule has 1 aliphatic heterocycles. The summed E-state index contributed by atoms with van der Waals surface area (Å²) in [5, 5.41) is 6.45. The second-order valence-electron chi connectivity index (χ2n) is 8.68. The monoisotopic (exact) mass is 502 g/mol. The number of carbonyl (C=O) groups excluding carboxylic acids is 2.